The molecule has 0 aliphatic carbocycles. The molecule has 0 spiro atoms. The smallest absolute Gasteiger partial charge is 0.277 e. The molecule has 1 aromatic heterocycles. The Bertz CT molecular complexity index is 1030. The second-order valence-corrected chi connectivity index (χ2v) is 7.37. The normalized spacial score (nSPS) is 10.9. The van der Waals surface area contributed by atoms with Gasteiger partial charge in [0.2, 0.25) is 0 Å². The fourth-order valence-electron chi connectivity index (χ4n) is 3.65. The summed E-state index contributed by atoms with van der Waals surface area (Å²) in [7, 11) is 0. The van der Waals surface area contributed by atoms with Crippen molar-refractivity contribution in [2.45, 2.75) is 26.7 Å². The Hall–Kier alpha value is -3.25. The van der Waals surface area contributed by atoms with Crippen LogP contribution >= 0.6 is 0 Å². The molecule has 0 bridgehead atoms. The highest BCUT2D eigenvalue weighted by Crippen LogP contribution is 2.31. The van der Waals surface area contributed by atoms with Crippen LogP contribution in [-0.2, 0) is 0 Å². The summed E-state index contributed by atoms with van der Waals surface area (Å²) in [4.78, 5) is 28.1. The standard InChI is InChI=1S/C25H30N4O2/c1-3-29(4-2)18-12-11-17-26-24(30)22-21(19-13-7-5-8-14-19)23(27-28-25(22)31)20-15-9-6-10-16-20/h5-10,13-16H,3-4,11-12,17-18H2,1-2H3,(H,26,30)(H,28,31). The molecule has 0 aliphatic heterocycles. The molecule has 2 aromatic carbocycles. The van der Waals surface area contributed by atoms with Crippen LogP contribution in [0.3, 0.4) is 0 Å². The maximum absolute atomic E-state index is 13.1. The van der Waals surface area contributed by atoms with Crippen molar-refractivity contribution in [3.8, 4) is 22.4 Å². The molecule has 0 saturated heterocycles. The molecule has 31 heavy (non-hydrogen) atoms. The number of carbonyl (C=O) groups excluding carboxylic acids is 1. The number of nitrogens with one attached hydrogen (secondary N) is 2. The van der Waals surface area contributed by atoms with Gasteiger partial charge in [-0.3, -0.25) is 9.59 Å². The van der Waals surface area contributed by atoms with E-state index >= 15 is 0 Å². The summed E-state index contributed by atoms with van der Waals surface area (Å²) in [6, 6.07) is 19.0. The molecule has 6 heteroatoms. The topological polar surface area (TPSA) is 78.1 Å². The molecule has 3 aromatic rings. The number of hydrogen-bond acceptors (Lipinski definition) is 4. The van der Waals surface area contributed by atoms with Gasteiger partial charge >= 0.3 is 0 Å². The van der Waals surface area contributed by atoms with Gasteiger partial charge in [-0.1, -0.05) is 74.5 Å². The lowest BCUT2D eigenvalue weighted by Gasteiger charge is -2.17. The van der Waals surface area contributed by atoms with Gasteiger partial charge in [0, 0.05) is 17.7 Å². The van der Waals surface area contributed by atoms with Crippen LogP contribution in [-0.4, -0.2) is 47.2 Å². The van der Waals surface area contributed by atoms with Gasteiger partial charge in [-0.2, -0.15) is 5.10 Å². The number of amides is 1. The van der Waals surface area contributed by atoms with Crippen molar-refractivity contribution in [2.75, 3.05) is 26.2 Å². The van der Waals surface area contributed by atoms with Crippen molar-refractivity contribution in [3.05, 3.63) is 76.6 Å². The number of rotatable bonds is 10. The van der Waals surface area contributed by atoms with Crippen molar-refractivity contribution >= 4 is 5.91 Å². The predicted molar refractivity (Wildman–Crippen MR) is 125 cm³/mol. The Kier molecular flexibility index (Phi) is 8.12. The van der Waals surface area contributed by atoms with Crippen LogP contribution < -0.4 is 10.9 Å². The van der Waals surface area contributed by atoms with Crippen LogP contribution in [0.25, 0.3) is 22.4 Å². The molecule has 0 aliphatic rings. The first-order valence-electron chi connectivity index (χ1n) is 10.9. The van der Waals surface area contributed by atoms with E-state index in [4.69, 9.17) is 0 Å². The number of hydrogen-bond donors (Lipinski definition) is 2. The quantitative estimate of drug-likeness (QED) is 0.489. The highest BCUT2D eigenvalue weighted by Gasteiger charge is 2.22. The van der Waals surface area contributed by atoms with E-state index < -0.39 is 5.56 Å². The minimum atomic E-state index is -0.487. The first-order chi connectivity index (χ1) is 15.2. The summed E-state index contributed by atoms with van der Waals surface area (Å²) >= 11 is 0. The zero-order valence-corrected chi connectivity index (χ0v) is 18.2. The fraction of sp³-hybridized carbons (Fsp3) is 0.320. The van der Waals surface area contributed by atoms with Gasteiger partial charge in [-0.15, -0.1) is 0 Å². The van der Waals surface area contributed by atoms with Crippen molar-refractivity contribution in [1.29, 1.82) is 0 Å². The minimum absolute atomic E-state index is 0.101. The SMILES string of the molecule is CCN(CC)CCCCNC(=O)c1c(-c2ccccc2)c(-c2ccccc2)n[nH]c1=O. The molecule has 6 nitrogen and oxygen atoms in total. The van der Waals surface area contributed by atoms with E-state index in [-0.39, 0.29) is 11.5 Å². The molecule has 1 heterocycles. The Labute approximate surface area is 183 Å². The van der Waals surface area contributed by atoms with E-state index in [1.54, 1.807) is 0 Å². The van der Waals surface area contributed by atoms with E-state index in [1.165, 1.54) is 0 Å². The summed E-state index contributed by atoms with van der Waals surface area (Å²) in [6.07, 6.45) is 1.85. The third-order valence-electron chi connectivity index (χ3n) is 5.40. The van der Waals surface area contributed by atoms with Gasteiger partial charge < -0.3 is 10.2 Å². The lowest BCUT2D eigenvalue weighted by Crippen LogP contribution is -2.32. The zero-order valence-electron chi connectivity index (χ0n) is 18.2. The van der Waals surface area contributed by atoms with E-state index in [1.807, 2.05) is 60.7 Å². The Morgan fingerprint density at radius 3 is 2.16 bits per heavy atom. The highest BCUT2D eigenvalue weighted by atomic mass is 16.2. The van der Waals surface area contributed by atoms with Gasteiger partial charge in [0.25, 0.3) is 11.5 Å². The molecular formula is C25H30N4O2. The zero-order chi connectivity index (χ0) is 22.1. The van der Waals surface area contributed by atoms with Gasteiger partial charge in [-0.25, -0.2) is 5.10 Å². The van der Waals surface area contributed by atoms with Crippen LogP contribution in [0.2, 0.25) is 0 Å². The molecular weight excluding hydrogens is 388 g/mol. The van der Waals surface area contributed by atoms with E-state index in [0.717, 1.165) is 43.6 Å². The molecule has 2 N–H and O–H groups in total. The summed E-state index contributed by atoms with van der Waals surface area (Å²) in [6.45, 7) is 7.88. The summed E-state index contributed by atoms with van der Waals surface area (Å²) in [5.74, 6) is -0.373. The Balaban J connectivity index is 1.87. The number of benzene rings is 2. The molecule has 1 amide bonds. The number of nitrogens with zero attached hydrogens (tertiary/aromatic N) is 2. The minimum Gasteiger partial charge on any atom is -0.352 e. The molecule has 0 atom stereocenters. The average Bonchev–Trinajstić information content (AvgIpc) is 2.82. The van der Waals surface area contributed by atoms with E-state index in [2.05, 4.69) is 34.3 Å². The van der Waals surface area contributed by atoms with Crippen LogP contribution in [0.1, 0.15) is 37.0 Å². The van der Waals surface area contributed by atoms with Gasteiger partial charge in [-0.05, 0) is 38.0 Å². The highest BCUT2D eigenvalue weighted by molar-refractivity contribution is 6.03. The molecule has 0 unspecified atom stereocenters. The van der Waals surface area contributed by atoms with E-state index in [0.29, 0.717) is 17.8 Å². The fourth-order valence-corrected chi connectivity index (χ4v) is 3.65. The van der Waals surface area contributed by atoms with Gasteiger partial charge in [0.15, 0.2) is 0 Å². The number of carbonyl (C=O) groups is 1. The number of unbranched alkanes of at least 4 members (excludes halogenated alkanes) is 1. The third-order valence-corrected chi connectivity index (χ3v) is 5.40. The van der Waals surface area contributed by atoms with Crippen LogP contribution in [0.4, 0.5) is 0 Å². The summed E-state index contributed by atoms with van der Waals surface area (Å²) in [5, 5.41) is 9.74. The predicted octanol–water partition coefficient (Wildman–Crippen LogP) is 3.96. The number of aromatic nitrogens is 2. The van der Waals surface area contributed by atoms with Gasteiger partial charge in [0.1, 0.15) is 5.56 Å². The van der Waals surface area contributed by atoms with Crippen molar-refractivity contribution in [3.63, 3.8) is 0 Å². The molecule has 0 fully saturated rings. The summed E-state index contributed by atoms with van der Waals surface area (Å²) < 4.78 is 0. The molecule has 3 rings (SSSR count). The maximum atomic E-state index is 13.1. The van der Waals surface area contributed by atoms with Crippen LogP contribution in [0.15, 0.2) is 65.5 Å². The first-order valence-corrected chi connectivity index (χ1v) is 10.9. The van der Waals surface area contributed by atoms with E-state index in [9.17, 15) is 9.59 Å². The lowest BCUT2D eigenvalue weighted by atomic mass is 9.95. The Morgan fingerprint density at radius 2 is 1.55 bits per heavy atom. The van der Waals surface area contributed by atoms with Crippen molar-refractivity contribution < 1.29 is 4.79 Å². The van der Waals surface area contributed by atoms with Crippen LogP contribution in [0.5, 0.6) is 0 Å². The summed E-state index contributed by atoms with van der Waals surface area (Å²) in [5.41, 5.74) is 2.37. The van der Waals surface area contributed by atoms with Gasteiger partial charge in [0.05, 0.1) is 5.69 Å². The van der Waals surface area contributed by atoms with Crippen LogP contribution in [0, 0.1) is 0 Å². The molecule has 0 saturated carbocycles. The largest absolute Gasteiger partial charge is 0.352 e. The monoisotopic (exact) mass is 418 g/mol. The Morgan fingerprint density at radius 1 is 0.935 bits per heavy atom. The third kappa shape index (κ3) is 5.67. The second-order valence-electron chi connectivity index (χ2n) is 7.37. The van der Waals surface area contributed by atoms with Crippen molar-refractivity contribution in [1.82, 2.24) is 20.4 Å². The number of H-pyrrole nitrogens is 1. The first kappa shape index (κ1) is 22.4. The second kappa shape index (κ2) is 11.2. The lowest BCUT2D eigenvalue weighted by molar-refractivity contribution is 0.0951. The average molecular weight is 419 g/mol. The number of aromatic amines is 1. The van der Waals surface area contributed by atoms with Crippen molar-refractivity contribution in [2.24, 2.45) is 0 Å². The molecule has 0 radical (unpaired) electrons. The molecule has 162 valence electrons. The maximum Gasteiger partial charge on any atom is 0.277 e.